The molecule has 0 radical (unpaired) electrons. The van der Waals surface area contributed by atoms with Gasteiger partial charge in [-0.15, -0.1) is 5.10 Å². The number of rotatable bonds is 5. The van der Waals surface area contributed by atoms with Crippen molar-refractivity contribution < 1.29 is 19.1 Å². The summed E-state index contributed by atoms with van der Waals surface area (Å²) in [5.74, 6) is -0.795. The minimum Gasteiger partial charge on any atom is -0.481 e. The van der Waals surface area contributed by atoms with Crippen LogP contribution in [0.1, 0.15) is 55.1 Å². The summed E-state index contributed by atoms with van der Waals surface area (Å²) in [7, 11) is 0. The second-order valence-electron chi connectivity index (χ2n) is 6.85. The smallest absolute Gasteiger partial charge is 0.306 e. The van der Waals surface area contributed by atoms with Gasteiger partial charge < -0.3 is 14.8 Å². The molecule has 0 aliphatic heterocycles. The first-order valence-electron chi connectivity index (χ1n) is 8.66. The average Bonchev–Trinajstić information content (AvgIpc) is 3.13. The van der Waals surface area contributed by atoms with Crippen LogP contribution in [0.5, 0.6) is 0 Å². The van der Waals surface area contributed by atoms with Crippen LogP contribution < -0.4 is 5.32 Å². The first kappa shape index (κ1) is 15.9. The average molecular weight is 344 g/mol. The Labute approximate surface area is 144 Å². The van der Waals surface area contributed by atoms with Gasteiger partial charge in [-0.3, -0.25) is 9.59 Å². The third kappa shape index (κ3) is 3.42. The van der Waals surface area contributed by atoms with Gasteiger partial charge in [-0.2, -0.15) is 0 Å². The highest BCUT2D eigenvalue weighted by atomic mass is 16.4. The van der Waals surface area contributed by atoms with E-state index in [2.05, 4.69) is 15.6 Å². The molecule has 132 valence electrons. The molecule has 2 saturated carbocycles. The summed E-state index contributed by atoms with van der Waals surface area (Å²) >= 11 is 0. The quantitative estimate of drug-likeness (QED) is 0.861. The van der Waals surface area contributed by atoms with Gasteiger partial charge in [0.2, 0.25) is 0 Å². The largest absolute Gasteiger partial charge is 0.481 e. The fraction of sp³-hybridized carbons (Fsp3) is 0.529. The molecule has 2 heterocycles. The van der Waals surface area contributed by atoms with E-state index in [9.17, 15) is 9.59 Å². The number of hydrogen-bond donors (Lipinski definition) is 2. The summed E-state index contributed by atoms with van der Waals surface area (Å²) in [4.78, 5) is 23.5. The van der Waals surface area contributed by atoms with E-state index in [4.69, 9.17) is 9.52 Å². The number of nitrogens with one attached hydrogen (secondary N) is 1. The topological polar surface area (TPSA) is 110 Å². The van der Waals surface area contributed by atoms with Crippen LogP contribution in [0.2, 0.25) is 0 Å². The summed E-state index contributed by atoms with van der Waals surface area (Å²) in [5.41, 5.74) is 0.606. The molecule has 25 heavy (non-hydrogen) atoms. The first-order chi connectivity index (χ1) is 12.1. The fourth-order valence-corrected chi connectivity index (χ4v) is 3.31. The Morgan fingerprint density at radius 1 is 1.24 bits per heavy atom. The van der Waals surface area contributed by atoms with E-state index in [1.165, 1.54) is 0 Å². The standard InChI is InChI=1S/C17H20N4O4/c22-16(18-11-3-1-2-10(8-11)17(23)24)15-7-6-14(25-15)13-9-21(20-19-13)12-4-5-12/h6-7,9-12H,1-5,8H2,(H,18,22)(H,23,24). The number of nitrogens with zero attached hydrogens (tertiary/aromatic N) is 3. The van der Waals surface area contributed by atoms with Crippen molar-refractivity contribution in [1.29, 1.82) is 0 Å². The summed E-state index contributed by atoms with van der Waals surface area (Å²) in [5, 5.41) is 20.2. The number of hydrogen-bond acceptors (Lipinski definition) is 5. The Hall–Kier alpha value is -2.64. The van der Waals surface area contributed by atoms with Crippen molar-refractivity contribution in [2.75, 3.05) is 0 Å². The van der Waals surface area contributed by atoms with Crippen molar-refractivity contribution >= 4 is 11.9 Å². The predicted molar refractivity (Wildman–Crippen MR) is 86.8 cm³/mol. The fourth-order valence-electron chi connectivity index (χ4n) is 3.31. The molecule has 2 aliphatic carbocycles. The van der Waals surface area contributed by atoms with Crippen molar-refractivity contribution in [3.05, 3.63) is 24.1 Å². The number of aromatic nitrogens is 3. The molecule has 2 aliphatic rings. The van der Waals surface area contributed by atoms with Crippen LogP contribution in [0.15, 0.2) is 22.7 Å². The second-order valence-corrected chi connectivity index (χ2v) is 6.85. The Kier molecular flexibility index (Phi) is 4.03. The molecule has 0 spiro atoms. The minimum atomic E-state index is -0.794. The molecule has 8 nitrogen and oxygen atoms in total. The molecule has 0 bridgehead atoms. The van der Waals surface area contributed by atoms with Crippen LogP contribution in [-0.2, 0) is 4.79 Å². The van der Waals surface area contributed by atoms with E-state index < -0.39 is 5.97 Å². The molecule has 2 N–H and O–H groups in total. The van der Waals surface area contributed by atoms with Gasteiger partial charge in [0.15, 0.2) is 11.5 Å². The number of aliphatic carboxylic acids is 1. The molecule has 2 unspecified atom stereocenters. The summed E-state index contributed by atoms with van der Waals surface area (Å²) < 4.78 is 7.44. The summed E-state index contributed by atoms with van der Waals surface area (Å²) in [6.07, 6.45) is 6.79. The van der Waals surface area contributed by atoms with Crippen LogP contribution in [0, 0.1) is 5.92 Å². The van der Waals surface area contributed by atoms with Gasteiger partial charge in [-0.1, -0.05) is 11.6 Å². The van der Waals surface area contributed by atoms with Crippen LogP contribution in [-0.4, -0.2) is 38.0 Å². The zero-order chi connectivity index (χ0) is 17.4. The third-order valence-corrected chi connectivity index (χ3v) is 4.87. The highest BCUT2D eigenvalue weighted by Crippen LogP contribution is 2.34. The molecular weight excluding hydrogens is 324 g/mol. The van der Waals surface area contributed by atoms with Crippen LogP contribution >= 0.6 is 0 Å². The predicted octanol–water partition coefficient (Wildman–Crippen LogP) is 2.25. The van der Waals surface area contributed by atoms with Gasteiger partial charge in [-0.05, 0) is 44.2 Å². The SMILES string of the molecule is O=C(NC1CCCC(C(=O)O)C1)c1ccc(-c2cn(C3CC3)nn2)o1. The molecular formula is C17H20N4O4. The van der Waals surface area contributed by atoms with Crippen LogP contribution in [0.25, 0.3) is 11.5 Å². The van der Waals surface area contributed by atoms with Gasteiger partial charge in [0.25, 0.3) is 5.91 Å². The van der Waals surface area contributed by atoms with Crippen LogP contribution in [0.3, 0.4) is 0 Å². The molecule has 2 aromatic rings. The van der Waals surface area contributed by atoms with Gasteiger partial charge in [-0.25, -0.2) is 4.68 Å². The van der Waals surface area contributed by atoms with Crippen molar-refractivity contribution in [3.63, 3.8) is 0 Å². The highest BCUT2D eigenvalue weighted by Gasteiger charge is 2.29. The maximum Gasteiger partial charge on any atom is 0.306 e. The number of amides is 1. The molecule has 1 amide bonds. The van der Waals surface area contributed by atoms with E-state index in [0.29, 0.717) is 30.3 Å². The van der Waals surface area contributed by atoms with Gasteiger partial charge in [0.1, 0.15) is 5.69 Å². The molecule has 2 aromatic heterocycles. The number of carbonyl (C=O) groups excluding carboxylic acids is 1. The maximum absolute atomic E-state index is 12.4. The van der Waals surface area contributed by atoms with Gasteiger partial charge in [0.05, 0.1) is 18.2 Å². The Bertz CT molecular complexity index is 792. The maximum atomic E-state index is 12.4. The lowest BCUT2D eigenvalue weighted by Gasteiger charge is -2.26. The van der Waals surface area contributed by atoms with E-state index in [-0.39, 0.29) is 23.6 Å². The van der Waals surface area contributed by atoms with Crippen molar-refractivity contribution in [2.24, 2.45) is 5.92 Å². The highest BCUT2D eigenvalue weighted by molar-refractivity contribution is 5.92. The lowest BCUT2D eigenvalue weighted by molar-refractivity contribution is -0.143. The van der Waals surface area contributed by atoms with E-state index >= 15 is 0 Å². The van der Waals surface area contributed by atoms with E-state index in [1.807, 2.05) is 10.9 Å². The van der Waals surface area contributed by atoms with Crippen molar-refractivity contribution in [2.45, 2.75) is 50.6 Å². The number of carboxylic acid groups (broad SMARTS) is 1. The summed E-state index contributed by atoms with van der Waals surface area (Å²) in [6.45, 7) is 0. The van der Waals surface area contributed by atoms with E-state index in [0.717, 1.165) is 25.7 Å². The van der Waals surface area contributed by atoms with Gasteiger partial charge >= 0.3 is 5.97 Å². The zero-order valence-electron chi connectivity index (χ0n) is 13.7. The lowest BCUT2D eigenvalue weighted by atomic mass is 9.86. The molecule has 2 atom stereocenters. The Morgan fingerprint density at radius 2 is 2.08 bits per heavy atom. The molecule has 0 aromatic carbocycles. The third-order valence-electron chi connectivity index (χ3n) is 4.87. The second kappa shape index (κ2) is 6.34. The number of carbonyl (C=O) groups is 2. The summed E-state index contributed by atoms with van der Waals surface area (Å²) in [6, 6.07) is 3.62. The van der Waals surface area contributed by atoms with E-state index in [1.54, 1.807) is 12.1 Å². The van der Waals surface area contributed by atoms with Gasteiger partial charge in [0, 0.05) is 6.04 Å². The minimum absolute atomic E-state index is 0.133. The Morgan fingerprint density at radius 3 is 2.84 bits per heavy atom. The van der Waals surface area contributed by atoms with Crippen molar-refractivity contribution in [3.8, 4) is 11.5 Å². The molecule has 8 heteroatoms. The number of carboxylic acids is 1. The van der Waals surface area contributed by atoms with Crippen LogP contribution in [0.4, 0.5) is 0 Å². The molecule has 4 rings (SSSR count). The zero-order valence-corrected chi connectivity index (χ0v) is 13.7. The van der Waals surface area contributed by atoms with Crippen molar-refractivity contribution in [1.82, 2.24) is 20.3 Å². The normalized spacial score (nSPS) is 23.4. The first-order valence-corrected chi connectivity index (χ1v) is 8.66. The monoisotopic (exact) mass is 344 g/mol. The Balaban J connectivity index is 1.40. The lowest BCUT2D eigenvalue weighted by Crippen LogP contribution is -2.39. The number of furan rings is 1. The molecule has 2 fully saturated rings. The molecule has 0 saturated heterocycles.